The molecule has 1 aromatic rings. The van der Waals surface area contributed by atoms with E-state index in [1.807, 2.05) is 0 Å². The molecule has 0 saturated heterocycles. The molecule has 0 bridgehead atoms. The van der Waals surface area contributed by atoms with Gasteiger partial charge in [0.1, 0.15) is 5.56 Å². The molecule has 1 aromatic carbocycles. The van der Waals surface area contributed by atoms with E-state index in [-0.39, 0.29) is 11.3 Å². The van der Waals surface area contributed by atoms with Crippen molar-refractivity contribution in [1.82, 2.24) is 5.32 Å². The van der Waals surface area contributed by atoms with Crippen LogP contribution >= 0.6 is 0 Å². The van der Waals surface area contributed by atoms with Crippen molar-refractivity contribution in [3.63, 3.8) is 0 Å². The second kappa shape index (κ2) is 7.03. The number of hydrogen-bond donors (Lipinski definition) is 2. The summed E-state index contributed by atoms with van der Waals surface area (Å²) in [7, 11) is 1.69. The number of hydrogen-bond acceptors (Lipinski definition) is 5. The quantitative estimate of drug-likeness (QED) is 0.433. The minimum absolute atomic E-state index is 0.0500. The smallest absolute Gasteiger partial charge is 0.282 e. The van der Waals surface area contributed by atoms with E-state index in [1.165, 1.54) is 25.0 Å². The molecule has 1 aliphatic carbocycles. The zero-order valence-electron chi connectivity index (χ0n) is 11.9. The molecule has 114 valence electrons. The summed E-state index contributed by atoms with van der Waals surface area (Å²) in [6.45, 7) is 1.49. The average molecular weight is 293 g/mol. The molecule has 0 unspecified atom stereocenters. The molecule has 1 fully saturated rings. The summed E-state index contributed by atoms with van der Waals surface area (Å²) in [4.78, 5) is 22.5. The van der Waals surface area contributed by atoms with Crippen molar-refractivity contribution in [2.75, 3.05) is 32.1 Å². The zero-order chi connectivity index (χ0) is 15.2. The number of nitro groups is 1. The molecular formula is C14H19N3O4. The molecule has 1 amide bonds. The highest BCUT2D eigenvalue weighted by atomic mass is 16.6. The summed E-state index contributed by atoms with van der Waals surface area (Å²) in [5, 5.41) is 16.5. The lowest BCUT2D eigenvalue weighted by Gasteiger charge is -2.08. The minimum Gasteiger partial charge on any atom is -0.388 e. The Hall–Kier alpha value is -2.15. The Bertz CT molecular complexity index is 529. The highest BCUT2D eigenvalue weighted by Gasteiger charge is 2.22. The van der Waals surface area contributed by atoms with Crippen LogP contribution in [0.4, 0.5) is 11.4 Å². The van der Waals surface area contributed by atoms with Gasteiger partial charge >= 0.3 is 0 Å². The lowest BCUT2D eigenvalue weighted by Crippen LogP contribution is -2.28. The van der Waals surface area contributed by atoms with Gasteiger partial charge in [0.05, 0.1) is 11.5 Å². The SMILES string of the molecule is CNc1ccc([N+](=O)[O-])c(C(=O)NCCOCC2CC2)c1. The van der Waals surface area contributed by atoms with Gasteiger partial charge in [-0.15, -0.1) is 0 Å². The molecule has 2 rings (SSSR count). The van der Waals surface area contributed by atoms with E-state index in [0.29, 0.717) is 24.8 Å². The first-order valence-electron chi connectivity index (χ1n) is 6.94. The molecule has 0 aromatic heterocycles. The highest BCUT2D eigenvalue weighted by molar-refractivity contribution is 5.99. The molecule has 0 heterocycles. The molecule has 7 nitrogen and oxygen atoms in total. The van der Waals surface area contributed by atoms with Crippen molar-refractivity contribution >= 4 is 17.3 Å². The Morgan fingerprint density at radius 1 is 1.48 bits per heavy atom. The molecule has 1 aliphatic rings. The Labute approximate surface area is 122 Å². The van der Waals surface area contributed by atoms with Crippen LogP contribution in [0.5, 0.6) is 0 Å². The maximum Gasteiger partial charge on any atom is 0.282 e. The van der Waals surface area contributed by atoms with Crippen LogP contribution in [0.2, 0.25) is 0 Å². The first kappa shape index (κ1) is 15.2. The zero-order valence-corrected chi connectivity index (χ0v) is 11.9. The predicted molar refractivity (Wildman–Crippen MR) is 78.5 cm³/mol. The molecule has 2 N–H and O–H groups in total. The first-order chi connectivity index (χ1) is 10.1. The van der Waals surface area contributed by atoms with Crippen molar-refractivity contribution in [1.29, 1.82) is 0 Å². The van der Waals surface area contributed by atoms with Gasteiger partial charge in [-0.05, 0) is 30.9 Å². The van der Waals surface area contributed by atoms with Gasteiger partial charge < -0.3 is 15.4 Å². The van der Waals surface area contributed by atoms with Crippen LogP contribution in [0.15, 0.2) is 18.2 Å². The summed E-state index contributed by atoms with van der Waals surface area (Å²) in [5.41, 5.74) is 0.496. The molecule has 0 atom stereocenters. The maximum absolute atomic E-state index is 12.0. The monoisotopic (exact) mass is 293 g/mol. The van der Waals surface area contributed by atoms with Crippen LogP contribution < -0.4 is 10.6 Å². The van der Waals surface area contributed by atoms with E-state index in [4.69, 9.17) is 4.74 Å². The number of rotatable bonds is 8. The van der Waals surface area contributed by atoms with E-state index in [9.17, 15) is 14.9 Å². The van der Waals surface area contributed by atoms with Crippen molar-refractivity contribution in [2.45, 2.75) is 12.8 Å². The minimum atomic E-state index is -0.558. The standard InChI is InChI=1S/C14H19N3O4/c1-15-11-4-5-13(17(19)20)12(8-11)14(18)16-6-7-21-9-10-2-3-10/h4-5,8,10,15H,2-3,6-7,9H2,1H3,(H,16,18). The fraction of sp³-hybridized carbons (Fsp3) is 0.500. The van der Waals surface area contributed by atoms with Gasteiger partial charge in [-0.2, -0.15) is 0 Å². The van der Waals surface area contributed by atoms with Gasteiger partial charge in [0, 0.05) is 32.0 Å². The summed E-state index contributed by atoms with van der Waals surface area (Å²) in [6, 6.07) is 4.36. The molecule has 1 saturated carbocycles. The van der Waals surface area contributed by atoms with E-state index in [0.717, 1.165) is 6.61 Å². The van der Waals surface area contributed by atoms with Crippen LogP contribution in [-0.4, -0.2) is 37.6 Å². The third kappa shape index (κ3) is 4.42. The number of benzene rings is 1. The van der Waals surface area contributed by atoms with E-state index in [1.54, 1.807) is 13.1 Å². The van der Waals surface area contributed by atoms with Crippen molar-refractivity contribution in [3.8, 4) is 0 Å². The van der Waals surface area contributed by atoms with Gasteiger partial charge in [-0.1, -0.05) is 0 Å². The number of nitro benzene ring substituents is 1. The second-order valence-corrected chi connectivity index (χ2v) is 5.01. The molecular weight excluding hydrogens is 274 g/mol. The number of nitrogens with zero attached hydrogens (tertiary/aromatic N) is 1. The molecule has 0 radical (unpaired) electrons. The average Bonchev–Trinajstić information content (AvgIpc) is 3.30. The van der Waals surface area contributed by atoms with Gasteiger partial charge in [0.25, 0.3) is 11.6 Å². The van der Waals surface area contributed by atoms with Crippen molar-refractivity contribution in [3.05, 3.63) is 33.9 Å². The number of amides is 1. The predicted octanol–water partition coefficient (Wildman–Crippen LogP) is 1.79. The van der Waals surface area contributed by atoms with Crippen molar-refractivity contribution < 1.29 is 14.5 Å². The summed E-state index contributed by atoms with van der Waals surface area (Å²) in [5.74, 6) is 0.211. The Kier molecular flexibility index (Phi) is 5.10. The van der Waals surface area contributed by atoms with Crippen molar-refractivity contribution in [2.24, 2.45) is 5.92 Å². The number of anilines is 1. The highest BCUT2D eigenvalue weighted by Crippen LogP contribution is 2.28. The topological polar surface area (TPSA) is 93.5 Å². The van der Waals surface area contributed by atoms with Gasteiger partial charge in [-0.25, -0.2) is 0 Å². The first-order valence-corrected chi connectivity index (χ1v) is 6.94. The normalized spacial score (nSPS) is 13.8. The van der Waals surface area contributed by atoms with Crippen LogP contribution in [0.1, 0.15) is 23.2 Å². The number of nitrogens with one attached hydrogen (secondary N) is 2. The lowest BCUT2D eigenvalue weighted by molar-refractivity contribution is -0.385. The fourth-order valence-corrected chi connectivity index (χ4v) is 1.90. The summed E-state index contributed by atoms with van der Waals surface area (Å²) >= 11 is 0. The van der Waals surface area contributed by atoms with E-state index < -0.39 is 10.8 Å². The maximum atomic E-state index is 12.0. The number of ether oxygens (including phenoxy) is 1. The molecule has 0 spiro atoms. The largest absolute Gasteiger partial charge is 0.388 e. The van der Waals surface area contributed by atoms with Crippen LogP contribution in [0, 0.1) is 16.0 Å². The lowest BCUT2D eigenvalue weighted by atomic mass is 10.1. The number of carbonyl (C=O) groups excluding carboxylic acids is 1. The number of carbonyl (C=O) groups is 1. The summed E-state index contributed by atoms with van der Waals surface area (Å²) in [6.07, 6.45) is 2.44. The van der Waals surface area contributed by atoms with Crippen LogP contribution in [-0.2, 0) is 4.74 Å². The van der Waals surface area contributed by atoms with Gasteiger partial charge in [0.15, 0.2) is 0 Å². The van der Waals surface area contributed by atoms with Gasteiger partial charge in [0.2, 0.25) is 0 Å². The third-order valence-electron chi connectivity index (χ3n) is 3.31. The third-order valence-corrected chi connectivity index (χ3v) is 3.31. The molecule has 0 aliphatic heterocycles. The van der Waals surface area contributed by atoms with Crippen LogP contribution in [0.25, 0.3) is 0 Å². The Balaban J connectivity index is 1.91. The van der Waals surface area contributed by atoms with E-state index in [2.05, 4.69) is 10.6 Å². The van der Waals surface area contributed by atoms with Gasteiger partial charge in [-0.3, -0.25) is 14.9 Å². The Morgan fingerprint density at radius 2 is 2.24 bits per heavy atom. The van der Waals surface area contributed by atoms with E-state index >= 15 is 0 Å². The Morgan fingerprint density at radius 3 is 2.86 bits per heavy atom. The molecule has 7 heteroatoms. The molecule has 21 heavy (non-hydrogen) atoms. The fourth-order valence-electron chi connectivity index (χ4n) is 1.90. The second-order valence-electron chi connectivity index (χ2n) is 5.01. The van der Waals surface area contributed by atoms with Crippen LogP contribution in [0.3, 0.4) is 0 Å². The summed E-state index contributed by atoms with van der Waals surface area (Å²) < 4.78 is 5.41.